The quantitative estimate of drug-likeness (QED) is 0.580. The summed E-state index contributed by atoms with van der Waals surface area (Å²) in [6.45, 7) is 2.54. The molecular formula is C13H17N5O3. The van der Waals surface area contributed by atoms with Crippen molar-refractivity contribution < 1.29 is 10.0 Å². The summed E-state index contributed by atoms with van der Waals surface area (Å²) in [5, 5.41) is 27.5. The number of pyridine rings is 1. The molecule has 8 nitrogen and oxygen atoms in total. The highest BCUT2D eigenvalue weighted by Crippen LogP contribution is 2.11. The molecule has 0 bridgehead atoms. The number of nitro groups is 1. The van der Waals surface area contributed by atoms with Crippen molar-refractivity contribution in [2.24, 2.45) is 0 Å². The first-order chi connectivity index (χ1) is 10.1. The number of hydrogen-bond acceptors (Lipinski definition) is 6. The van der Waals surface area contributed by atoms with E-state index >= 15 is 0 Å². The minimum atomic E-state index is -0.686. The summed E-state index contributed by atoms with van der Waals surface area (Å²) in [6.07, 6.45) is 5.21. The third kappa shape index (κ3) is 4.33. The molecule has 0 fully saturated rings. The molecule has 2 aromatic rings. The van der Waals surface area contributed by atoms with E-state index in [0.29, 0.717) is 6.54 Å². The van der Waals surface area contributed by atoms with Crippen molar-refractivity contribution >= 4 is 5.69 Å². The van der Waals surface area contributed by atoms with Gasteiger partial charge in [-0.05, 0) is 24.6 Å². The third-order valence-electron chi connectivity index (χ3n) is 3.09. The SMILES string of the molecule is C[C@H](NCC(O)Cn1cc([N+](=O)[O-])cn1)c1ccncc1. The molecule has 2 N–H and O–H groups in total. The van der Waals surface area contributed by atoms with Crippen LogP contribution in [-0.2, 0) is 6.54 Å². The Kier molecular flexibility index (Phi) is 4.96. The van der Waals surface area contributed by atoms with Crippen molar-refractivity contribution in [2.45, 2.75) is 25.6 Å². The molecule has 0 saturated carbocycles. The van der Waals surface area contributed by atoms with Crippen LogP contribution in [0, 0.1) is 10.1 Å². The summed E-state index contributed by atoms with van der Waals surface area (Å²) in [7, 11) is 0. The highest BCUT2D eigenvalue weighted by atomic mass is 16.6. The van der Waals surface area contributed by atoms with Crippen molar-refractivity contribution in [3.8, 4) is 0 Å². The summed E-state index contributed by atoms with van der Waals surface area (Å²) >= 11 is 0. The van der Waals surface area contributed by atoms with Gasteiger partial charge in [0.15, 0.2) is 0 Å². The Labute approximate surface area is 121 Å². The Morgan fingerprint density at radius 1 is 1.48 bits per heavy atom. The van der Waals surface area contributed by atoms with E-state index in [9.17, 15) is 15.2 Å². The van der Waals surface area contributed by atoms with Gasteiger partial charge in [0.2, 0.25) is 0 Å². The van der Waals surface area contributed by atoms with Gasteiger partial charge in [0.1, 0.15) is 12.4 Å². The van der Waals surface area contributed by atoms with Crippen LogP contribution in [0.4, 0.5) is 5.69 Å². The molecule has 0 aromatic carbocycles. The van der Waals surface area contributed by atoms with E-state index in [1.165, 1.54) is 17.1 Å². The topological polar surface area (TPSA) is 106 Å². The van der Waals surface area contributed by atoms with Crippen LogP contribution in [-0.4, -0.2) is 37.4 Å². The van der Waals surface area contributed by atoms with E-state index in [4.69, 9.17) is 0 Å². The van der Waals surface area contributed by atoms with Gasteiger partial charge in [-0.3, -0.25) is 19.8 Å². The standard InChI is InChI=1S/C13H17N5O3/c1-10(11-2-4-14-5-3-11)15-7-13(19)9-17-8-12(6-16-17)18(20)21/h2-6,8,10,13,15,19H,7,9H2,1H3/t10-,13?/m0/s1. The fourth-order valence-electron chi connectivity index (χ4n) is 1.91. The molecule has 0 saturated heterocycles. The van der Waals surface area contributed by atoms with Gasteiger partial charge in [-0.25, -0.2) is 0 Å². The largest absolute Gasteiger partial charge is 0.390 e. The van der Waals surface area contributed by atoms with Crippen molar-refractivity contribution in [2.75, 3.05) is 6.54 Å². The van der Waals surface area contributed by atoms with Crippen molar-refractivity contribution in [3.63, 3.8) is 0 Å². The average Bonchev–Trinajstić information content (AvgIpc) is 2.94. The Morgan fingerprint density at radius 2 is 2.19 bits per heavy atom. The Hall–Kier alpha value is -2.32. The Morgan fingerprint density at radius 3 is 2.81 bits per heavy atom. The van der Waals surface area contributed by atoms with Gasteiger partial charge in [0.25, 0.3) is 0 Å². The Bertz CT molecular complexity index is 587. The predicted octanol–water partition coefficient (Wildman–Crippen LogP) is 0.898. The average molecular weight is 291 g/mol. The van der Waals surface area contributed by atoms with E-state index in [-0.39, 0.29) is 18.3 Å². The molecule has 1 unspecified atom stereocenters. The maximum atomic E-state index is 10.5. The molecule has 2 rings (SSSR count). The molecule has 2 heterocycles. The van der Waals surface area contributed by atoms with Crippen LogP contribution in [0.15, 0.2) is 36.9 Å². The third-order valence-corrected chi connectivity index (χ3v) is 3.09. The number of aliphatic hydroxyl groups excluding tert-OH is 1. The van der Waals surface area contributed by atoms with E-state index in [1.54, 1.807) is 12.4 Å². The summed E-state index contributed by atoms with van der Waals surface area (Å²) in [6, 6.07) is 3.89. The number of aromatic nitrogens is 3. The van der Waals surface area contributed by atoms with E-state index in [0.717, 1.165) is 5.56 Å². The lowest BCUT2D eigenvalue weighted by Gasteiger charge is -2.17. The van der Waals surface area contributed by atoms with Crippen molar-refractivity contribution in [1.29, 1.82) is 0 Å². The van der Waals surface area contributed by atoms with Gasteiger partial charge >= 0.3 is 5.69 Å². The number of hydrogen-bond donors (Lipinski definition) is 2. The second-order valence-electron chi connectivity index (χ2n) is 4.74. The van der Waals surface area contributed by atoms with Crippen LogP contribution < -0.4 is 5.32 Å². The van der Waals surface area contributed by atoms with E-state index in [2.05, 4.69) is 15.4 Å². The molecule has 2 atom stereocenters. The summed E-state index contributed by atoms with van der Waals surface area (Å²) < 4.78 is 1.36. The second kappa shape index (κ2) is 6.91. The molecule has 0 aliphatic carbocycles. The van der Waals surface area contributed by atoms with Gasteiger partial charge in [0, 0.05) is 25.0 Å². The van der Waals surface area contributed by atoms with Gasteiger partial charge in [-0.1, -0.05) is 0 Å². The number of nitrogens with zero attached hydrogens (tertiary/aromatic N) is 4. The van der Waals surface area contributed by atoms with E-state index in [1.807, 2.05) is 19.1 Å². The first-order valence-electron chi connectivity index (χ1n) is 6.54. The minimum absolute atomic E-state index is 0.0783. The smallest absolute Gasteiger partial charge is 0.306 e. The molecule has 112 valence electrons. The molecular weight excluding hydrogens is 274 g/mol. The summed E-state index contributed by atoms with van der Waals surface area (Å²) in [4.78, 5) is 14.0. The lowest BCUT2D eigenvalue weighted by Crippen LogP contribution is -2.32. The van der Waals surface area contributed by atoms with Gasteiger partial charge in [-0.2, -0.15) is 5.10 Å². The van der Waals surface area contributed by atoms with Crippen LogP contribution in [0.5, 0.6) is 0 Å². The zero-order valence-corrected chi connectivity index (χ0v) is 11.6. The minimum Gasteiger partial charge on any atom is -0.390 e. The molecule has 21 heavy (non-hydrogen) atoms. The lowest BCUT2D eigenvalue weighted by molar-refractivity contribution is -0.385. The fraction of sp³-hybridized carbons (Fsp3) is 0.385. The predicted molar refractivity (Wildman–Crippen MR) is 75.5 cm³/mol. The van der Waals surface area contributed by atoms with Gasteiger partial charge in [0.05, 0.1) is 17.6 Å². The van der Waals surface area contributed by atoms with E-state index < -0.39 is 11.0 Å². The molecule has 0 radical (unpaired) electrons. The normalized spacial score (nSPS) is 13.8. The van der Waals surface area contributed by atoms with Crippen molar-refractivity contribution in [3.05, 3.63) is 52.6 Å². The molecule has 0 amide bonds. The zero-order valence-electron chi connectivity index (χ0n) is 11.6. The van der Waals surface area contributed by atoms with Crippen LogP contribution in [0.2, 0.25) is 0 Å². The molecule has 0 aliphatic heterocycles. The number of aliphatic hydroxyl groups is 1. The molecule has 0 aliphatic rings. The van der Waals surface area contributed by atoms with Crippen LogP contribution in [0.3, 0.4) is 0 Å². The number of nitrogens with one attached hydrogen (secondary N) is 1. The molecule has 0 spiro atoms. The van der Waals surface area contributed by atoms with Gasteiger partial charge in [-0.15, -0.1) is 0 Å². The van der Waals surface area contributed by atoms with Crippen LogP contribution >= 0.6 is 0 Å². The van der Waals surface area contributed by atoms with Gasteiger partial charge < -0.3 is 10.4 Å². The highest BCUT2D eigenvalue weighted by molar-refractivity contribution is 5.20. The second-order valence-corrected chi connectivity index (χ2v) is 4.74. The zero-order chi connectivity index (χ0) is 15.2. The highest BCUT2D eigenvalue weighted by Gasteiger charge is 2.13. The first kappa shape index (κ1) is 15.1. The molecule has 8 heteroatoms. The van der Waals surface area contributed by atoms with Crippen LogP contribution in [0.25, 0.3) is 0 Å². The van der Waals surface area contributed by atoms with Crippen LogP contribution in [0.1, 0.15) is 18.5 Å². The number of rotatable bonds is 7. The lowest BCUT2D eigenvalue weighted by atomic mass is 10.1. The maximum absolute atomic E-state index is 10.5. The monoisotopic (exact) mass is 291 g/mol. The summed E-state index contributed by atoms with van der Waals surface area (Å²) in [5.74, 6) is 0. The molecule has 2 aromatic heterocycles. The Balaban J connectivity index is 1.81. The fourth-order valence-corrected chi connectivity index (χ4v) is 1.91. The first-order valence-corrected chi connectivity index (χ1v) is 6.54. The van der Waals surface area contributed by atoms with Crippen molar-refractivity contribution in [1.82, 2.24) is 20.1 Å². The maximum Gasteiger partial charge on any atom is 0.306 e. The summed E-state index contributed by atoms with van der Waals surface area (Å²) in [5.41, 5.74) is 0.993.